The minimum atomic E-state index is -1.60. The highest BCUT2D eigenvalue weighted by molar-refractivity contribution is 5.93. The van der Waals surface area contributed by atoms with Gasteiger partial charge in [0.2, 0.25) is 5.91 Å². The Morgan fingerprint density at radius 2 is 1.64 bits per heavy atom. The number of amides is 1. The van der Waals surface area contributed by atoms with E-state index in [4.69, 9.17) is 15.9 Å². The highest BCUT2D eigenvalue weighted by Crippen LogP contribution is 2.15. The molecule has 14 heavy (non-hydrogen) atoms. The predicted molar refractivity (Wildman–Crippen MR) is 46.0 cm³/mol. The van der Waals surface area contributed by atoms with Crippen molar-refractivity contribution in [2.45, 2.75) is 12.8 Å². The van der Waals surface area contributed by atoms with Crippen LogP contribution in [0.15, 0.2) is 0 Å². The van der Waals surface area contributed by atoms with Gasteiger partial charge in [0.1, 0.15) is 0 Å². The van der Waals surface area contributed by atoms with E-state index in [0.717, 1.165) is 0 Å². The van der Waals surface area contributed by atoms with Crippen LogP contribution in [0.2, 0.25) is 0 Å². The topological polar surface area (TPSA) is 118 Å². The molecule has 6 heteroatoms. The smallest absolute Gasteiger partial charge is 0.317 e. The number of nitrogens with two attached hydrogens (primary N) is 1. The maximum atomic E-state index is 10.7. The fourth-order valence-electron chi connectivity index (χ4n) is 0.968. The Bertz CT molecular complexity index is 236. The molecule has 1 radical (unpaired) electrons. The van der Waals surface area contributed by atoms with E-state index >= 15 is 0 Å². The SMILES string of the molecule is [CH2]CC(CC(C(=O)O)C(=O)O)C(N)=O. The molecule has 0 spiro atoms. The quantitative estimate of drug-likeness (QED) is 0.501. The van der Waals surface area contributed by atoms with Crippen LogP contribution in [-0.2, 0) is 14.4 Å². The molecule has 1 amide bonds. The van der Waals surface area contributed by atoms with E-state index in [9.17, 15) is 14.4 Å². The third-order valence-corrected chi connectivity index (χ3v) is 1.87. The van der Waals surface area contributed by atoms with E-state index in [-0.39, 0.29) is 12.8 Å². The van der Waals surface area contributed by atoms with Gasteiger partial charge in [-0.05, 0) is 12.8 Å². The monoisotopic (exact) mass is 202 g/mol. The van der Waals surface area contributed by atoms with Crippen molar-refractivity contribution >= 4 is 17.8 Å². The molecule has 0 saturated heterocycles. The Hall–Kier alpha value is -1.59. The van der Waals surface area contributed by atoms with E-state index in [0.29, 0.717) is 0 Å². The number of carboxylic acids is 2. The van der Waals surface area contributed by atoms with Gasteiger partial charge >= 0.3 is 11.9 Å². The summed E-state index contributed by atoms with van der Waals surface area (Å²) in [6, 6.07) is 0. The van der Waals surface area contributed by atoms with Gasteiger partial charge in [0.05, 0.1) is 0 Å². The Morgan fingerprint density at radius 1 is 1.21 bits per heavy atom. The lowest BCUT2D eigenvalue weighted by atomic mass is 9.92. The first kappa shape index (κ1) is 12.4. The van der Waals surface area contributed by atoms with Gasteiger partial charge < -0.3 is 15.9 Å². The molecule has 0 saturated carbocycles. The lowest BCUT2D eigenvalue weighted by molar-refractivity contribution is -0.155. The van der Waals surface area contributed by atoms with Crippen molar-refractivity contribution in [1.29, 1.82) is 0 Å². The van der Waals surface area contributed by atoms with Gasteiger partial charge in [-0.3, -0.25) is 14.4 Å². The van der Waals surface area contributed by atoms with Crippen LogP contribution in [0.4, 0.5) is 0 Å². The first-order valence-electron chi connectivity index (χ1n) is 3.94. The summed E-state index contributed by atoms with van der Waals surface area (Å²) in [5.41, 5.74) is 4.93. The van der Waals surface area contributed by atoms with Gasteiger partial charge in [-0.1, -0.05) is 6.92 Å². The summed E-state index contributed by atoms with van der Waals surface area (Å²) in [6.45, 7) is 3.39. The zero-order valence-corrected chi connectivity index (χ0v) is 7.47. The molecule has 6 nitrogen and oxygen atoms in total. The van der Waals surface area contributed by atoms with Crippen LogP contribution in [0, 0.1) is 18.8 Å². The van der Waals surface area contributed by atoms with Gasteiger partial charge in [0, 0.05) is 5.92 Å². The molecule has 0 rings (SSSR count). The number of primary amides is 1. The highest BCUT2D eigenvalue weighted by atomic mass is 16.4. The van der Waals surface area contributed by atoms with Crippen LogP contribution >= 0.6 is 0 Å². The molecular weight excluding hydrogens is 190 g/mol. The molecule has 0 fully saturated rings. The lowest BCUT2D eigenvalue weighted by Crippen LogP contribution is -2.31. The standard InChI is InChI=1S/C8H12NO5/c1-2-4(6(9)10)3-5(7(11)12)8(13)14/h4-5H,1-3H2,(H2,9,10)(H,11,12)(H,13,14). The highest BCUT2D eigenvalue weighted by Gasteiger charge is 2.30. The van der Waals surface area contributed by atoms with E-state index in [1.54, 1.807) is 0 Å². The van der Waals surface area contributed by atoms with Crippen molar-refractivity contribution in [3.63, 3.8) is 0 Å². The van der Waals surface area contributed by atoms with Crippen LogP contribution in [0.25, 0.3) is 0 Å². The Morgan fingerprint density at radius 3 is 1.86 bits per heavy atom. The van der Waals surface area contributed by atoms with Gasteiger partial charge in [-0.15, -0.1) is 0 Å². The van der Waals surface area contributed by atoms with Crippen LogP contribution in [0.5, 0.6) is 0 Å². The molecule has 0 aliphatic carbocycles. The number of rotatable bonds is 6. The molecule has 1 unspecified atom stereocenters. The maximum absolute atomic E-state index is 10.7. The summed E-state index contributed by atoms with van der Waals surface area (Å²) < 4.78 is 0. The zero-order valence-electron chi connectivity index (χ0n) is 7.47. The van der Waals surface area contributed by atoms with Crippen LogP contribution in [0.1, 0.15) is 12.8 Å². The first-order valence-corrected chi connectivity index (χ1v) is 3.94. The summed E-state index contributed by atoms with van der Waals surface area (Å²) >= 11 is 0. The second-order valence-electron chi connectivity index (χ2n) is 2.85. The minimum absolute atomic E-state index is 0.0897. The van der Waals surface area contributed by atoms with Crippen molar-refractivity contribution in [3.05, 3.63) is 6.92 Å². The Labute approximate surface area is 80.7 Å². The molecule has 0 bridgehead atoms. The van der Waals surface area contributed by atoms with Crippen LogP contribution in [-0.4, -0.2) is 28.1 Å². The van der Waals surface area contributed by atoms with Crippen molar-refractivity contribution in [1.82, 2.24) is 0 Å². The fraction of sp³-hybridized carbons (Fsp3) is 0.500. The average molecular weight is 202 g/mol. The van der Waals surface area contributed by atoms with Crippen molar-refractivity contribution < 1.29 is 24.6 Å². The number of carbonyl (C=O) groups is 3. The molecule has 0 aromatic carbocycles. The largest absolute Gasteiger partial charge is 0.481 e. The Kier molecular flexibility index (Phi) is 4.62. The van der Waals surface area contributed by atoms with E-state index < -0.39 is 29.7 Å². The fourth-order valence-corrected chi connectivity index (χ4v) is 0.968. The van der Waals surface area contributed by atoms with Gasteiger partial charge in [-0.25, -0.2) is 0 Å². The molecule has 0 aromatic heterocycles. The number of aliphatic carboxylic acids is 2. The number of carboxylic acid groups (broad SMARTS) is 2. The molecule has 0 heterocycles. The predicted octanol–water partition coefficient (Wildman–Crippen LogP) is -0.512. The molecule has 1 atom stereocenters. The first-order chi connectivity index (χ1) is 6.40. The molecule has 0 aromatic rings. The molecule has 79 valence electrons. The molecule has 0 aliphatic rings. The van der Waals surface area contributed by atoms with Crippen molar-refractivity contribution in [2.24, 2.45) is 17.6 Å². The number of carbonyl (C=O) groups excluding carboxylic acids is 1. The lowest BCUT2D eigenvalue weighted by Gasteiger charge is -2.13. The summed E-state index contributed by atoms with van der Waals surface area (Å²) in [5, 5.41) is 17.0. The molecule has 0 aliphatic heterocycles. The van der Waals surface area contributed by atoms with Gasteiger partial charge in [0.15, 0.2) is 5.92 Å². The third-order valence-electron chi connectivity index (χ3n) is 1.87. The summed E-state index contributed by atoms with van der Waals surface area (Å²) in [6.07, 6.45) is -0.226. The summed E-state index contributed by atoms with van der Waals surface area (Å²) in [5.74, 6) is -6.09. The van der Waals surface area contributed by atoms with Crippen LogP contribution in [0.3, 0.4) is 0 Å². The van der Waals surface area contributed by atoms with Crippen LogP contribution < -0.4 is 5.73 Å². The van der Waals surface area contributed by atoms with Gasteiger partial charge in [-0.2, -0.15) is 0 Å². The average Bonchev–Trinajstić information content (AvgIpc) is 2.03. The summed E-state index contributed by atoms with van der Waals surface area (Å²) in [7, 11) is 0. The molecular formula is C8H12NO5. The Balaban J connectivity index is 4.49. The summed E-state index contributed by atoms with van der Waals surface area (Å²) in [4.78, 5) is 31.6. The normalized spacial score (nSPS) is 12.4. The second kappa shape index (κ2) is 5.21. The van der Waals surface area contributed by atoms with Crippen molar-refractivity contribution in [3.8, 4) is 0 Å². The van der Waals surface area contributed by atoms with Gasteiger partial charge in [0.25, 0.3) is 0 Å². The molecule has 4 N–H and O–H groups in total. The number of hydrogen-bond acceptors (Lipinski definition) is 3. The van der Waals surface area contributed by atoms with E-state index in [1.165, 1.54) is 0 Å². The number of hydrogen-bond donors (Lipinski definition) is 3. The minimum Gasteiger partial charge on any atom is -0.481 e. The third kappa shape index (κ3) is 3.42. The van der Waals surface area contributed by atoms with Crippen molar-refractivity contribution in [2.75, 3.05) is 0 Å². The van der Waals surface area contributed by atoms with E-state index in [2.05, 4.69) is 6.92 Å². The second-order valence-corrected chi connectivity index (χ2v) is 2.85. The zero-order chi connectivity index (χ0) is 11.3. The maximum Gasteiger partial charge on any atom is 0.317 e. The van der Waals surface area contributed by atoms with E-state index in [1.807, 2.05) is 0 Å².